The SMILES string of the molecule is COc1ccc(Cl)cc1NC(=O)C(C)(C)C(=O)Nc1ccccc1C. The van der Waals surface area contributed by atoms with Crippen molar-refractivity contribution in [1.29, 1.82) is 0 Å². The van der Waals surface area contributed by atoms with Crippen LogP contribution in [0.25, 0.3) is 0 Å². The molecule has 2 rings (SSSR count). The summed E-state index contributed by atoms with van der Waals surface area (Å²) < 4.78 is 5.21. The second-order valence-corrected chi connectivity index (χ2v) is 6.63. The number of carbonyl (C=O) groups excluding carboxylic acids is 2. The van der Waals surface area contributed by atoms with E-state index in [4.69, 9.17) is 16.3 Å². The van der Waals surface area contributed by atoms with Gasteiger partial charge in [0.15, 0.2) is 0 Å². The summed E-state index contributed by atoms with van der Waals surface area (Å²) in [5.74, 6) is -0.396. The molecule has 25 heavy (non-hydrogen) atoms. The molecule has 0 unspecified atom stereocenters. The van der Waals surface area contributed by atoms with Gasteiger partial charge in [0.2, 0.25) is 11.8 Å². The van der Waals surface area contributed by atoms with Crippen molar-refractivity contribution in [3.8, 4) is 5.75 Å². The van der Waals surface area contributed by atoms with Crippen LogP contribution in [0.2, 0.25) is 5.02 Å². The standard InChI is InChI=1S/C19H21ClN2O3/c1-12-7-5-6-8-14(12)21-17(23)19(2,3)18(24)22-15-11-13(20)9-10-16(15)25-4/h5-11H,1-4H3,(H,21,23)(H,22,24). The molecule has 0 aliphatic carbocycles. The van der Waals surface area contributed by atoms with Gasteiger partial charge >= 0.3 is 0 Å². The molecule has 2 aromatic carbocycles. The van der Waals surface area contributed by atoms with Gasteiger partial charge in [0.25, 0.3) is 0 Å². The van der Waals surface area contributed by atoms with Gasteiger partial charge in [0, 0.05) is 10.7 Å². The number of hydrogen-bond donors (Lipinski definition) is 2. The average Bonchev–Trinajstić information content (AvgIpc) is 2.57. The minimum atomic E-state index is -1.30. The van der Waals surface area contributed by atoms with Crippen LogP contribution in [-0.4, -0.2) is 18.9 Å². The Bertz CT molecular complexity index is 803. The Morgan fingerprint density at radius 3 is 2.20 bits per heavy atom. The summed E-state index contributed by atoms with van der Waals surface area (Å²) in [7, 11) is 1.49. The Labute approximate surface area is 152 Å². The minimum Gasteiger partial charge on any atom is -0.495 e. The third-order valence-electron chi connectivity index (χ3n) is 3.94. The van der Waals surface area contributed by atoms with Crippen molar-refractivity contribution in [2.75, 3.05) is 17.7 Å². The summed E-state index contributed by atoms with van der Waals surface area (Å²) >= 11 is 5.97. The van der Waals surface area contributed by atoms with E-state index in [0.717, 1.165) is 5.56 Å². The molecule has 0 radical (unpaired) electrons. The molecule has 132 valence electrons. The van der Waals surface area contributed by atoms with Gasteiger partial charge in [-0.3, -0.25) is 9.59 Å². The van der Waals surface area contributed by atoms with E-state index in [0.29, 0.717) is 22.1 Å². The molecule has 0 atom stereocenters. The van der Waals surface area contributed by atoms with Crippen LogP contribution in [0.4, 0.5) is 11.4 Å². The number of amides is 2. The lowest BCUT2D eigenvalue weighted by Gasteiger charge is -2.24. The summed E-state index contributed by atoms with van der Waals surface area (Å²) in [4.78, 5) is 25.3. The van der Waals surface area contributed by atoms with Crippen molar-refractivity contribution in [3.63, 3.8) is 0 Å². The number of rotatable bonds is 5. The molecule has 0 fully saturated rings. The molecule has 0 heterocycles. The smallest absolute Gasteiger partial charge is 0.239 e. The first-order valence-electron chi connectivity index (χ1n) is 7.77. The maximum absolute atomic E-state index is 12.7. The van der Waals surface area contributed by atoms with Crippen molar-refractivity contribution in [1.82, 2.24) is 0 Å². The first-order chi connectivity index (χ1) is 11.8. The van der Waals surface area contributed by atoms with Gasteiger partial charge in [-0.05, 0) is 50.6 Å². The lowest BCUT2D eigenvalue weighted by atomic mass is 9.90. The summed E-state index contributed by atoms with van der Waals surface area (Å²) in [6.07, 6.45) is 0. The molecule has 6 heteroatoms. The molecule has 0 spiro atoms. The van der Waals surface area contributed by atoms with Crippen molar-refractivity contribution < 1.29 is 14.3 Å². The molecule has 0 saturated carbocycles. The Kier molecular flexibility index (Phi) is 5.69. The summed E-state index contributed by atoms with van der Waals surface area (Å²) in [5.41, 5.74) is 0.712. The highest BCUT2D eigenvalue weighted by atomic mass is 35.5. The van der Waals surface area contributed by atoms with Crippen LogP contribution in [0.1, 0.15) is 19.4 Å². The van der Waals surface area contributed by atoms with Crippen LogP contribution in [0.3, 0.4) is 0 Å². The Hall–Kier alpha value is -2.53. The number of carbonyl (C=O) groups is 2. The van der Waals surface area contributed by atoms with E-state index in [1.807, 2.05) is 25.1 Å². The molecule has 2 amide bonds. The average molecular weight is 361 g/mol. The summed E-state index contributed by atoms with van der Waals surface area (Å²) in [6, 6.07) is 12.3. The monoisotopic (exact) mass is 360 g/mol. The van der Waals surface area contributed by atoms with E-state index in [9.17, 15) is 9.59 Å². The number of methoxy groups -OCH3 is 1. The van der Waals surface area contributed by atoms with Gasteiger partial charge in [-0.15, -0.1) is 0 Å². The lowest BCUT2D eigenvalue weighted by Crippen LogP contribution is -2.41. The molecule has 0 aliphatic heterocycles. The number of para-hydroxylation sites is 1. The summed E-state index contributed by atoms with van der Waals surface area (Å²) in [6.45, 7) is 5.01. The highest BCUT2D eigenvalue weighted by Crippen LogP contribution is 2.30. The molecule has 0 aliphatic rings. The number of benzene rings is 2. The highest BCUT2D eigenvalue weighted by Gasteiger charge is 2.36. The van der Waals surface area contributed by atoms with Gasteiger partial charge in [-0.2, -0.15) is 0 Å². The van der Waals surface area contributed by atoms with Crippen molar-refractivity contribution >= 4 is 34.8 Å². The first kappa shape index (κ1) is 18.8. The number of ether oxygens (including phenoxy) is 1. The van der Waals surface area contributed by atoms with E-state index in [1.165, 1.54) is 7.11 Å². The minimum absolute atomic E-state index is 0.403. The molecule has 0 bridgehead atoms. The fourth-order valence-corrected chi connectivity index (χ4v) is 2.32. The normalized spacial score (nSPS) is 10.9. The van der Waals surface area contributed by atoms with Crippen molar-refractivity contribution in [3.05, 3.63) is 53.1 Å². The molecular formula is C19H21ClN2O3. The molecule has 2 aromatic rings. The second-order valence-electron chi connectivity index (χ2n) is 6.19. The maximum atomic E-state index is 12.7. The number of nitrogens with one attached hydrogen (secondary N) is 2. The predicted octanol–water partition coefficient (Wildman–Crippen LogP) is 4.26. The quantitative estimate of drug-likeness (QED) is 0.783. The van der Waals surface area contributed by atoms with Crippen LogP contribution in [-0.2, 0) is 9.59 Å². The number of hydrogen-bond acceptors (Lipinski definition) is 3. The van der Waals surface area contributed by atoms with Crippen molar-refractivity contribution in [2.24, 2.45) is 5.41 Å². The van der Waals surface area contributed by atoms with E-state index in [2.05, 4.69) is 10.6 Å². The van der Waals surface area contributed by atoms with Gasteiger partial charge in [-0.25, -0.2) is 0 Å². The third kappa shape index (κ3) is 4.31. The fourth-order valence-electron chi connectivity index (χ4n) is 2.15. The largest absolute Gasteiger partial charge is 0.495 e. The fraction of sp³-hybridized carbons (Fsp3) is 0.263. The zero-order chi connectivity index (χ0) is 18.6. The van der Waals surface area contributed by atoms with Crippen LogP contribution in [0.5, 0.6) is 5.75 Å². The molecule has 5 nitrogen and oxygen atoms in total. The van der Waals surface area contributed by atoms with Crippen LogP contribution in [0.15, 0.2) is 42.5 Å². The number of aryl methyl sites for hydroxylation is 1. The van der Waals surface area contributed by atoms with E-state index < -0.39 is 17.2 Å². The zero-order valence-electron chi connectivity index (χ0n) is 14.6. The summed E-state index contributed by atoms with van der Waals surface area (Å²) in [5, 5.41) is 5.97. The van der Waals surface area contributed by atoms with Crippen molar-refractivity contribution in [2.45, 2.75) is 20.8 Å². The van der Waals surface area contributed by atoms with Crippen LogP contribution in [0, 0.1) is 12.3 Å². The van der Waals surface area contributed by atoms with Gasteiger partial charge < -0.3 is 15.4 Å². The first-order valence-corrected chi connectivity index (χ1v) is 8.15. The second kappa shape index (κ2) is 7.57. The lowest BCUT2D eigenvalue weighted by molar-refractivity contribution is -0.135. The zero-order valence-corrected chi connectivity index (χ0v) is 15.4. The molecule has 0 aromatic heterocycles. The maximum Gasteiger partial charge on any atom is 0.239 e. The van der Waals surface area contributed by atoms with Gasteiger partial charge in [-0.1, -0.05) is 29.8 Å². The van der Waals surface area contributed by atoms with Crippen LogP contribution < -0.4 is 15.4 Å². The Balaban J connectivity index is 2.18. The van der Waals surface area contributed by atoms with E-state index in [1.54, 1.807) is 38.1 Å². The highest BCUT2D eigenvalue weighted by molar-refractivity contribution is 6.31. The predicted molar refractivity (Wildman–Crippen MR) is 100 cm³/mol. The van der Waals surface area contributed by atoms with E-state index in [-0.39, 0.29) is 0 Å². The molecular weight excluding hydrogens is 340 g/mol. The Morgan fingerprint density at radius 2 is 1.60 bits per heavy atom. The van der Waals surface area contributed by atoms with E-state index >= 15 is 0 Å². The van der Waals surface area contributed by atoms with Gasteiger partial charge in [0.05, 0.1) is 12.8 Å². The van der Waals surface area contributed by atoms with Gasteiger partial charge in [0.1, 0.15) is 11.2 Å². The Morgan fingerprint density at radius 1 is 1.00 bits per heavy atom. The number of halogens is 1. The molecule has 2 N–H and O–H groups in total. The number of anilines is 2. The van der Waals surface area contributed by atoms with Crippen LogP contribution >= 0.6 is 11.6 Å². The third-order valence-corrected chi connectivity index (χ3v) is 4.17. The molecule has 0 saturated heterocycles. The topological polar surface area (TPSA) is 67.4 Å².